The van der Waals surface area contributed by atoms with Crippen molar-refractivity contribution >= 4 is 5.65 Å². The second-order valence-electron chi connectivity index (χ2n) is 2.87. The fourth-order valence-electron chi connectivity index (χ4n) is 1.35. The van der Waals surface area contributed by atoms with Gasteiger partial charge in [0, 0.05) is 6.07 Å². The fraction of sp³-hybridized carbons (Fsp3) is 0.125. The number of aromatic amines is 2. The van der Waals surface area contributed by atoms with Gasteiger partial charge in [0.2, 0.25) is 5.43 Å². The average Bonchev–Trinajstić information content (AvgIpc) is 2.47. The van der Waals surface area contributed by atoms with Crippen molar-refractivity contribution in [1.29, 1.82) is 5.26 Å². The van der Waals surface area contributed by atoms with Crippen LogP contribution < -0.4 is 11.1 Å². The van der Waals surface area contributed by atoms with Crippen molar-refractivity contribution in [3.05, 3.63) is 38.0 Å². The van der Waals surface area contributed by atoms with E-state index in [1.807, 2.05) is 0 Å². The summed E-state index contributed by atoms with van der Waals surface area (Å²) < 4.78 is 1.38. The van der Waals surface area contributed by atoms with Gasteiger partial charge in [-0.25, -0.2) is 14.4 Å². The number of nitrogens with one attached hydrogen (secondary N) is 2. The number of pyridine rings is 1. The molecule has 14 heavy (non-hydrogen) atoms. The summed E-state index contributed by atoms with van der Waals surface area (Å²) in [6, 6.07) is 3.01. The Hall–Kier alpha value is -2.29. The Morgan fingerprint density at radius 2 is 2.21 bits per heavy atom. The van der Waals surface area contributed by atoms with E-state index in [-0.39, 0.29) is 11.0 Å². The van der Waals surface area contributed by atoms with Crippen LogP contribution >= 0.6 is 0 Å². The van der Waals surface area contributed by atoms with Gasteiger partial charge in [-0.2, -0.15) is 5.26 Å². The Bertz CT molecular complexity index is 653. The van der Waals surface area contributed by atoms with Crippen molar-refractivity contribution in [3.63, 3.8) is 0 Å². The number of fused-ring (bicyclic) bond motifs is 1. The first-order valence-corrected chi connectivity index (χ1v) is 3.88. The molecule has 2 heterocycles. The summed E-state index contributed by atoms with van der Waals surface area (Å²) in [7, 11) is 0. The Morgan fingerprint density at radius 3 is 2.86 bits per heavy atom. The van der Waals surface area contributed by atoms with E-state index >= 15 is 0 Å². The molecule has 0 saturated heterocycles. The number of H-pyrrole nitrogens is 2. The van der Waals surface area contributed by atoms with E-state index in [4.69, 9.17) is 5.26 Å². The lowest BCUT2D eigenvalue weighted by Gasteiger charge is -1.98. The van der Waals surface area contributed by atoms with E-state index in [2.05, 4.69) is 10.1 Å². The number of rotatable bonds is 0. The van der Waals surface area contributed by atoms with Gasteiger partial charge >= 0.3 is 5.69 Å². The number of nitrogens with zero attached hydrogens (tertiary/aromatic N) is 2. The molecule has 6 heteroatoms. The lowest BCUT2D eigenvalue weighted by Crippen LogP contribution is -2.11. The van der Waals surface area contributed by atoms with Crippen LogP contribution in [0.3, 0.4) is 0 Å². The highest BCUT2D eigenvalue weighted by molar-refractivity contribution is 5.45. The summed E-state index contributed by atoms with van der Waals surface area (Å²) in [5.74, 6) is 0. The van der Waals surface area contributed by atoms with E-state index in [1.54, 1.807) is 13.0 Å². The lowest BCUT2D eigenvalue weighted by atomic mass is 10.2. The molecule has 2 aromatic heterocycles. The molecular weight excluding hydrogens is 184 g/mol. The molecule has 0 saturated carbocycles. The van der Waals surface area contributed by atoms with E-state index in [0.29, 0.717) is 11.3 Å². The number of hydrogen-bond acceptors (Lipinski definition) is 3. The van der Waals surface area contributed by atoms with Gasteiger partial charge < -0.3 is 0 Å². The molecule has 70 valence electrons. The highest BCUT2D eigenvalue weighted by atomic mass is 16.1. The maximum Gasteiger partial charge on any atom is 0.339 e. The maximum atomic E-state index is 11.3. The maximum absolute atomic E-state index is 11.3. The summed E-state index contributed by atoms with van der Waals surface area (Å²) in [5, 5.41) is 11.1. The SMILES string of the molecule is Cc1c(C#N)c(=O)cc2[nH]c(=O)[nH]n12. The van der Waals surface area contributed by atoms with Gasteiger partial charge in [-0.15, -0.1) is 0 Å². The van der Waals surface area contributed by atoms with Crippen molar-refractivity contribution in [3.8, 4) is 6.07 Å². The molecule has 0 bridgehead atoms. The fourth-order valence-corrected chi connectivity index (χ4v) is 1.35. The molecule has 2 aromatic rings. The Kier molecular flexibility index (Phi) is 1.54. The smallest absolute Gasteiger partial charge is 0.291 e. The quantitative estimate of drug-likeness (QED) is 0.586. The molecule has 0 spiro atoms. The minimum atomic E-state index is -0.414. The standard InChI is InChI=1S/C8H6N4O2/c1-4-5(3-9)6(13)2-7-10-8(14)11-12(4)7/h2H,1H3,(H2,10,11,14). The minimum Gasteiger partial charge on any atom is -0.291 e. The first-order chi connectivity index (χ1) is 6.63. The third kappa shape index (κ3) is 0.959. The zero-order valence-corrected chi connectivity index (χ0v) is 7.29. The number of aryl methyl sites for hydroxylation is 1. The second kappa shape index (κ2) is 2.60. The van der Waals surface area contributed by atoms with Crippen LogP contribution in [0.5, 0.6) is 0 Å². The van der Waals surface area contributed by atoms with Crippen LogP contribution in [0.25, 0.3) is 5.65 Å². The third-order valence-corrected chi connectivity index (χ3v) is 2.02. The summed E-state index contributed by atoms with van der Waals surface area (Å²) in [6.45, 7) is 1.59. The average molecular weight is 190 g/mol. The van der Waals surface area contributed by atoms with Crippen LogP contribution in [0.4, 0.5) is 0 Å². The van der Waals surface area contributed by atoms with E-state index in [9.17, 15) is 9.59 Å². The van der Waals surface area contributed by atoms with Crippen LogP contribution in [0.1, 0.15) is 11.3 Å². The van der Waals surface area contributed by atoms with Crippen molar-refractivity contribution in [1.82, 2.24) is 14.6 Å². The molecule has 0 aliphatic heterocycles. The minimum absolute atomic E-state index is 0.0396. The van der Waals surface area contributed by atoms with Crippen LogP contribution in [-0.4, -0.2) is 14.6 Å². The highest BCUT2D eigenvalue weighted by Gasteiger charge is 2.08. The Morgan fingerprint density at radius 1 is 1.50 bits per heavy atom. The van der Waals surface area contributed by atoms with Gasteiger partial charge in [-0.3, -0.25) is 9.78 Å². The van der Waals surface area contributed by atoms with Crippen molar-refractivity contribution in [2.24, 2.45) is 0 Å². The van der Waals surface area contributed by atoms with Crippen LogP contribution in [-0.2, 0) is 0 Å². The molecule has 2 rings (SSSR count). The summed E-state index contributed by atoms with van der Waals surface area (Å²) in [5.41, 5.74) is 0.0189. The molecule has 0 aliphatic carbocycles. The predicted molar refractivity (Wildman–Crippen MR) is 48.1 cm³/mol. The monoisotopic (exact) mass is 190 g/mol. The van der Waals surface area contributed by atoms with Gasteiger partial charge in [-0.05, 0) is 6.92 Å². The molecule has 0 amide bonds. The summed E-state index contributed by atoms with van der Waals surface area (Å²) in [6.07, 6.45) is 0. The molecule has 0 unspecified atom stereocenters. The topological polar surface area (TPSA) is 93.9 Å². The van der Waals surface area contributed by atoms with Gasteiger partial charge in [0.1, 0.15) is 17.3 Å². The van der Waals surface area contributed by atoms with Gasteiger partial charge in [0.25, 0.3) is 0 Å². The molecule has 0 atom stereocenters. The Labute approximate surface area is 77.4 Å². The Balaban J connectivity index is 3.09. The molecular formula is C8H6N4O2. The molecule has 0 radical (unpaired) electrons. The zero-order chi connectivity index (χ0) is 10.3. The predicted octanol–water partition coefficient (Wildman–Crippen LogP) is -0.504. The van der Waals surface area contributed by atoms with Crippen LogP contribution in [0.2, 0.25) is 0 Å². The van der Waals surface area contributed by atoms with Crippen molar-refractivity contribution < 1.29 is 0 Å². The molecule has 0 aliphatic rings. The van der Waals surface area contributed by atoms with Crippen molar-refractivity contribution in [2.75, 3.05) is 0 Å². The van der Waals surface area contributed by atoms with Gasteiger partial charge in [0.15, 0.2) is 0 Å². The first kappa shape index (κ1) is 8.31. The second-order valence-corrected chi connectivity index (χ2v) is 2.87. The van der Waals surface area contributed by atoms with Crippen molar-refractivity contribution in [2.45, 2.75) is 6.92 Å². The van der Waals surface area contributed by atoms with Gasteiger partial charge in [0.05, 0.1) is 5.69 Å². The largest absolute Gasteiger partial charge is 0.339 e. The summed E-state index contributed by atoms with van der Waals surface area (Å²) in [4.78, 5) is 24.7. The number of hydrogen-bond donors (Lipinski definition) is 2. The molecule has 6 nitrogen and oxygen atoms in total. The van der Waals surface area contributed by atoms with E-state index in [1.165, 1.54) is 10.6 Å². The number of nitriles is 1. The van der Waals surface area contributed by atoms with Crippen LogP contribution in [0, 0.1) is 18.3 Å². The van der Waals surface area contributed by atoms with Gasteiger partial charge in [-0.1, -0.05) is 0 Å². The van der Waals surface area contributed by atoms with E-state index < -0.39 is 5.69 Å². The lowest BCUT2D eigenvalue weighted by molar-refractivity contribution is 0.887. The van der Waals surface area contributed by atoms with E-state index in [0.717, 1.165) is 0 Å². The summed E-state index contributed by atoms with van der Waals surface area (Å²) >= 11 is 0. The third-order valence-electron chi connectivity index (χ3n) is 2.02. The highest BCUT2D eigenvalue weighted by Crippen LogP contribution is 2.01. The molecule has 0 aromatic carbocycles. The number of aromatic nitrogens is 3. The normalized spacial score (nSPS) is 10.3. The zero-order valence-electron chi connectivity index (χ0n) is 7.29. The molecule has 0 fully saturated rings. The van der Waals surface area contributed by atoms with Crippen LogP contribution in [0.15, 0.2) is 15.7 Å². The molecule has 2 N–H and O–H groups in total. The first-order valence-electron chi connectivity index (χ1n) is 3.88.